The molecule has 0 radical (unpaired) electrons. The van der Waals surface area contributed by atoms with Gasteiger partial charge in [0.1, 0.15) is 11.9 Å². The van der Waals surface area contributed by atoms with Gasteiger partial charge in [-0.1, -0.05) is 0 Å². The van der Waals surface area contributed by atoms with E-state index in [0.717, 1.165) is 0 Å². The predicted molar refractivity (Wildman–Crippen MR) is 46.9 cm³/mol. The predicted octanol–water partition coefficient (Wildman–Crippen LogP) is 0.141. The highest BCUT2D eigenvalue weighted by molar-refractivity contribution is 5.33. The van der Waals surface area contributed by atoms with Gasteiger partial charge in [-0.25, -0.2) is 9.97 Å². The van der Waals surface area contributed by atoms with E-state index in [1.807, 2.05) is 6.07 Å². The lowest BCUT2D eigenvalue weighted by atomic mass is 10.4. The van der Waals surface area contributed by atoms with Gasteiger partial charge >= 0.3 is 0 Å². The van der Waals surface area contributed by atoms with Crippen LogP contribution in [0, 0.1) is 11.3 Å². The van der Waals surface area contributed by atoms with Crippen LogP contribution in [0.15, 0.2) is 12.4 Å². The van der Waals surface area contributed by atoms with Gasteiger partial charge in [-0.05, 0) is 6.92 Å². The molecule has 1 rings (SSSR count). The van der Waals surface area contributed by atoms with Crippen molar-refractivity contribution in [2.24, 2.45) is 0 Å². The Labute approximate surface area is 76.1 Å². The maximum Gasteiger partial charge on any atom is 0.158 e. The Morgan fingerprint density at radius 3 is 2.85 bits per heavy atom. The lowest BCUT2D eigenvalue weighted by Crippen LogP contribution is -2.16. The molecule has 1 atom stereocenters. The molecule has 0 aromatic carbocycles. The van der Waals surface area contributed by atoms with Crippen molar-refractivity contribution in [3.8, 4) is 6.07 Å². The molecule has 0 aliphatic heterocycles. The summed E-state index contributed by atoms with van der Waals surface area (Å²) in [6, 6.07) is 1.87. The maximum absolute atomic E-state index is 8.95. The van der Waals surface area contributed by atoms with E-state index in [1.54, 1.807) is 6.92 Å². The number of aliphatic hydroxyl groups excluding tert-OH is 1. The number of hydrogen-bond donors (Lipinski definition) is 2. The summed E-state index contributed by atoms with van der Waals surface area (Å²) in [7, 11) is 0. The second-order valence-corrected chi connectivity index (χ2v) is 2.63. The van der Waals surface area contributed by atoms with Crippen molar-refractivity contribution in [1.82, 2.24) is 9.97 Å². The molecule has 0 aliphatic rings. The van der Waals surface area contributed by atoms with Crippen LogP contribution in [0.4, 0.5) is 5.82 Å². The Hall–Kier alpha value is -1.67. The van der Waals surface area contributed by atoms with Crippen LogP contribution < -0.4 is 5.32 Å². The zero-order chi connectivity index (χ0) is 9.68. The minimum atomic E-state index is -0.433. The number of hydrogen-bond acceptors (Lipinski definition) is 5. The molecule has 5 nitrogen and oxygen atoms in total. The Morgan fingerprint density at radius 1 is 1.62 bits per heavy atom. The average molecular weight is 178 g/mol. The Balaban J connectivity index is 2.55. The van der Waals surface area contributed by atoms with Gasteiger partial charge in [0, 0.05) is 6.54 Å². The highest BCUT2D eigenvalue weighted by Gasteiger charge is 1.97. The zero-order valence-corrected chi connectivity index (χ0v) is 7.23. The lowest BCUT2D eigenvalue weighted by Gasteiger charge is -2.05. The lowest BCUT2D eigenvalue weighted by molar-refractivity contribution is 0.208. The van der Waals surface area contributed by atoms with Gasteiger partial charge in [-0.15, -0.1) is 0 Å². The van der Waals surface area contributed by atoms with Gasteiger partial charge < -0.3 is 10.4 Å². The number of nitrogens with one attached hydrogen (secondary N) is 1. The molecule has 0 spiro atoms. The van der Waals surface area contributed by atoms with Crippen LogP contribution >= 0.6 is 0 Å². The fourth-order valence-electron chi connectivity index (χ4n) is 0.729. The zero-order valence-electron chi connectivity index (χ0n) is 7.23. The first-order valence-electron chi connectivity index (χ1n) is 3.86. The smallest absolute Gasteiger partial charge is 0.158 e. The third kappa shape index (κ3) is 3.05. The van der Waals surface area contributed by atoms with Crippen LogP contribution in [0.3, 0.4) is 0 Å². The molecule has 1 aromatic rings. The van der Waals surface area contributed by atoms with Crippen LogP contribution in [-0.4, -0.2) is 27.7 Å². The minimum Gasteiger partial charge on any atom is -0.392 e. The van der Waals surface area contributed by atoms with Crippen molar-refractivity contribution in [3.05, 3.63) is 18.1 Å². The van der Waals surface area contributed by atoms with E-state index in [1.165, 1.54) is 12.4 Å². The Kier molecular flexibility index (Phi) is 3.17. The normalized spacial score (nSPS) is 11.8. The number of rotatable bonds is 3. The molecule has 0 aliphatic carbocycles. The van der Waals surface area contributed by atoms with E-state index < -0.39 is 6.10 Å². The molecular weight excluding hydrogens is 168 g/mol. The summed E-state index contributed by atoms with van der Waals surface area (Å²) in [5, 5.41) is 20.2. The van der Waals surface area contributed by atoms with Gasteiger partial charge in [0.2, 0.25) is 0 Å². The standard InChI is InChI=1S/C8H10N4O/c1-6(13)3-11-8-5-10-7(2-9)4-12-8/h4-6,13H,3H2,1H3,(H,11,12). The van der Waals surface area contributed by atoms with Crippen molar-refractivity contribution in [1.29, 1.82) is 5.26 Å². The van der Waals surface area contributed by atoms with Gasteiger partial charge in [0.15, 0.2) is 5.69 Å². The topological polar surface area (TPSA) is 81.8 Å². The fourth-order valence-corrected chi connectivity index (χ4v) is 0.729. The average Bonchev–Trinajstić information content (AvgIpc) is 2.15. The third-order valence-electron chi connectivity index (χ3n) is 1.34. The molecule has 0 amide bonds. The van der Waals surface area contributed by atoms with Crippen LogP contribution in [0.25, 0.3) is 0 Å². The summed E-state index contributed by atoms with van der Waals surface area (Å²) in [6.45, 7) is 2.09. The second kappa shape index (κ2) is 4.38. The molecule has 2 N–H and O–H groups in total. The van der Waals surface area contributed by atoms with E-state index >= 15 is 0 Å². The summed E-state index contributed by atoms with van der Waals surface area (Å²) in [5.41, 5.74) is 0.280. The van der Waals surface area contributed by atoms with Crippen molar-refractivity contribution in [3.63, 3.8) is 0 Å². The Morgan fingerprint density at radius 2 is 2.38 bits per heavy atom. The largest absolute Gasteiger partial charge is 0.392 e. The highest BCUT2D eigenvalue weighted by atomic mass is 16.3. The van der Waals surface area contributed by atoms with Gasteiger partial charge in [-0.3, -0.25) is 0 Å². The first kappa shape index (κ1) is 9.42. The van der Waals surface area contributed by atoms with Gasteiger partial charge in [-0.2, -0.15) is 5.26 Å². The van der Waals surface area contributed by atoms with E-state index in [9.17, 15) is 0 Å². The summed E-state index contributed by atoms with van der Waals surface area (Å²) in [4.78, 5) is 7.72. The van der Waals surface area contributed by atoms with Crippen molar-refractivity contribution < 1.29 is 5.11 Å². The molecule has 0 fully saturated rings. The summed E-state index contributed by atoms with van der Waals surface area (Å²) < 4.78 is 0. The van der Waals surface area contributed by atoms with E-state index in [4.69, 9.17) is 10.4 Å². The molecule has 0 bridgehead atoms. The highest BCUT2D eigenvalue weighted by Crippen LogP contribution is 1.99. The monoisotopic (exact) mass is 178 g/mol. The van der Waals surface area contributed by atoms with E-state index in [-0.39, 0.29) is 5.69 Å². The van der Waals surface area contributed by atoms with Crippen LogP contribution in [0.2, 0.25) is 0 Å². The summed E-state index contributed by atoms with van der Waals surface area (Å²) in [5.74, 6) is 0.555. The molecule has 1 aromatic heterocycles. The van der Waals surface area contributed by atoms with Crippen LogP contribution in [0.1, 0.15) is 12.6 Å². The molecular formula is C8H10N4O. The number of aliphatic hydroxyl groups is 1. The molecule has 1 heterocycles. The molecule has 68 valence electrons. The quantitative estimate of drug-likeness (QED) is 0.688. The van der Waals surface area contributed by atoms with Gasteiger partial charge in [0.05, 0.1) is 18.5 Å². The van der Waals surface area contributed by atoms with Crippen molar-refractivity contribution in [2.75, 3.05) is 11.9 Å². The molecule has 5 heteroatoms. The third-order valence-corrected chi connectivity index (χ3v) is 1.34. The van der Waals surface area contributed by atoms with Gasteiger partial charge in [0.25, 0.3) is 0 Å². The molecule has 0 saturated carbocycles. The maximum atomic E-state index is 8.95. The summed E-state index contributed by atoms with van der Waals surface area (Å²) >= 11 is 0. The van der Waals surface area contributed by atoms with Crippen molar-refractivity contribution >= 4 is 5.82 Å². The number of anilines is 1. The minimum absolute atomic E-state index is 0.280. The first-order valence-corrected chi connectivity index (χ1v) is 3.86. The first-order chi connectivity index (χ1) is 6.22. The molecule has 0 saturated heterocycles. The van der Waals surface area contributed by atoms with Crippen molar-refractivity contribution in [2.45, 2.75) is 13.0 Å². The Bertz CT molecular complexity index is 301. The summed E-state index contributed by atoms with van der Waals surface area (Å²) in [6.07, 6.45) is 2.41. The van der Waals surface area contributed by atoms with Crippen LogP contribution in [-0.2, 0) is 0 Å². The molecule has 1 unspecified atom stereocenters. The fraction of sp³-hybridized carbons (Fsp3) is 0.375. The molecule has 13 heavy (non-hydrogen) atoms. The van der Waals surface area contributed by atoms with E-state index in [2.05, 4.69) is 15.3 Å². The SMILES string of the molecule is CC(O)CNc1cnc(C#N)cn1. The number of nitriles is 1. The van der Waals surface area contributed by atoms with Crippen LogP contribution in [0.5, 0.6) is 0 Å². The number of nitrogens with zero attached hydrogens (tertiary/aromatic N) is 3. The van der Waals surface area contributed by atoms with E-state index in [0.29, 0.717) is 12.4 Å². The number of aromatic nitrogens is 2. The second-order valence-electron chi connectivity index (χ2n) is 2.63.